The minimum absolute atomic E-state index is 0.698. The lowest BCUT2D eigenvalue weighted by Crippen LogP contribution is -2.27. The summed E-state index contributed by atoms with van der Waals surface area (Å²) in [5, 5.41) is 6.79. The molecule has 2 atom stereocenters. The van der Waals surface area contributed by atoms with Crippen molar-refractivity contribution in [3.05, 3.63) is 23.0 Å². The SMILES string of the molecule is CSC1CCC(NCc2c(C3CC3)nc3sccn23)C1. The summed E-state index contributed by atoms with van der Waals surface area (Å²) in [7, 11) is 0. The molecule has 20 heavy (non-hydrogen) atoms. The van der Waals surface area contributed by atoms with Crippen LogP contribution in [0.25, 0.3) is 4.96 Å². The molecule has 0 saturated heterocycles. The van der Waals surface area contributed by atoms with E-state index in [0.717, 1.165) is 22.7 Å². The first-order valence-electron chi connectivity index (χ1n) is 7.55. The quantitative estimate of drug-likeness (QED) is 0.914. The second-order valence-electron chi connectivity index (χ2n) is 6.02. The predicted octanol–water partition coefficient (Wildman–Crippen LogP) is 3.65. The van der Waals surface area contributed by atoms with Gasteiger partial charge in [-0.2, -0.15) is 11.8 Å². The van der Waals surface area contributed by atoms with Gasteiger partial charge < -0.3 is 5.32 Å². The van der Waals surface area contributed by atoms with Gasteiger partial charge in [0.15, 0.2) is 4.96 Å². The molecule has 2 aromatic rings. The largest absolute Gasteiger partial charge is 0.308 e. The molecule has 2 fully saturated rings. The van der Waals surface area contributed by atoms with Crippen LogP contribution in [-0.4, -0.2) is 26.9 Å². The van der Waals surface area contributed by atoms with Crippen molar-refractivity contribution in [2.24, 2.45) is 0 Å². The van der Waals surface area contributed by atoms with Crippen LogP contribution in [0.3, 0.4) is 0 Å². The van der Waals surface area contributed by atoms with Crippen molar-refractivity contribution in [2.75, 3.05) is 6.26 Å². The molecule has 2 heterocycles. The Kier molecular flexibility index (Phi) is 3.52. The Morgan fingerprint density at radius 1 is 1.40 bits per heavy atom. The maximum Gasteiger partial charge on any atom is 0.194 e. The third kappa shape index (κ3) is 2.40. The highest BCUT2D eigenvalue weighted by Crippen LogP contribution is 2.42. The molecule has 0 spiro atoms. The molecule has 2 aliphatic carbocycles. The van der Waals surface area contributed by atoms with Gasteiger partial charge in [0.25, 0.3) is 0 Å². The van der Waals surface area contributed by atoms with Crippen LogP contribution in [0.4, 0.5) is 0 Å². The lowest BCUT2D eigenvalue weighted by Gasteiger charge is -2.13. The molecule has 2 unspecified atom stereocenters. The molecule has 0 bridgehead atoms. The summed E-state index contributed by atoms with van der Waals surface area (Å²) < 4.78 is 2.30. The number of fused-ring (bicyclic) bond motifs is 1. The van der Waals surface area contributed by atoms with Gasteiger partial charge in [0.2, 0.25) is 0 Å². The summed E-state index contributed by atoms with van der Waals surface area (Å²) in [6.07, 6.45) is 11.1. The van der Waals surface area contributed by atoms with E-state index in [1.165, 1.54) is 43.5 Å². The standard InChI is InChI=1S/C15H21N3S2/c1-19-12-5-4-11(8-12)16-9-13-14(10-2-3-10)17-15-18(13)6-7-20-15/h6-7,10-12,16H,2-5,8-9H2,1H3. The Morgan fingerprint density at radius 2 is 2.30 bits per heavy atom. The molecule has 2 saturated carbocycles. The van der Waals surface area contributed by atoms with Crippen molar-refractivity contribution in [1.82, 2.24) is 14.7 Å². The zero-order valence-electron chi connectivity index (χ0n) is 11.8. The minimum Gasteiger partial charge on any atom is -0.308 e. The van der Waals surface area contributed by atoms with Crippen LogP contribution in [0.1, 0.15) is 49.4 Å². The molecule has 1 N–H and O–H groups in total. The van der Waals surface area contributed by atoms with Crippen LogP contribution in [0.5, 0.6) is 0 Å². The molecule has 108 valence electrons. The fourth-order valence-corrected chi connectivity index (χ4v) is 4.83. The number of rotatable bonds is 5. The first-order chi connectivity index (χ1) is 9.85. The van der Waals surface area contributed by atoms with Crippen LogP contribution in [-0.2, 0) is 6.54 Å². The smallest absolute Gasteiger partial charge is 0.194 e. The minimum atomic E-state index is 0.698. The van der Waals surface area contributed by atoms with Gasteiger partial charge in [0.1, 0.15) is 0 Å². The number of thioether (sulfide) groups is 1. The third-order valence-electron chi connectivity index (χ3n) is 4.63. The fourth-order valence-electron chi connectivity index (χ4n) is 3.29. The summed E-state index contributed by atoms with van der Waals surface area (Å²) in [5.41, 5.74) is 2.78. The van der Waals surface area contributed by atoms with E-state index in [2.05, 4.69) is 27.6 Å². The van der Waals surface area contributed by atoms with E-state index in [1.54, 1.807) is 11.3 Å². The van der Waals surface area contributed by atoms with E-state index in [9.17, 15) is 0 Å². The molecule has 0 aromatic carbocycles. The van der Waals surface area contributed by atoms with Gasteiger partial charge in [-0.05, 0) is 38.4 Å². The average molecular weight is 307 g/mol. The van der Waals surface area contributed by atoms with Gasteiger partial charge in [-0.15, -0.1) is 11.3 Å². The van der Waals surface area contributed by atoms with Crippen molar-refractivity contribution >= 4 is 28.1 Å². The van der Waals surface area contributed by atoms with E-state index in [4.69, 9.17) is 4.98 Å². The Balaban J connectivity index is 1.50. The highest BCUT2D eigenvalue weighted by atomic mass is 32.2. The number of thiazole rings is 1. The highest BCUT2D eigenvalue weighted by molar-refractivity contribution is 7.99. The van der Waals surface area contributed by atoms with Crippen LogP contribution in [0, 0.1) is 0 Å². The molecule has 0 radical (unpaired) electrons. The Morgan fingerprint density at radius 3 is 3.05 bits per heavy atom. The van der Waals surface area contributed by atoms with Gasteiger partial charge >= 0.3 is 0 Å². The molecule has 2 aliphatic rings. The van der Waals surface area contributed by atoms with Gasteiger partial charge in [-0.3, -0.25) is 4.40 Å². The monoisotopic (exact) mass is 307 g/mol. The zero-order chi connectivity index (χ0) is 13.5. The molecule has 2 aromatic heterocycles. The van der Waals surface area contributed by atoms with E-state index in [-0.39, 0.29) is 0 Å². The Hall–Kier alpha value is -0.520. The van der Waals surface area contributed by atoms with Crippen LogP contribution >= 0.6 is 23.1 Å². The zero-order valence-corrected chi connectivity index (χ0v) is 13.5. The first-order valence-corrected chi connectivity index (χ1v) is 9.72. The summed E-state index contributed by atoms with van der Waals surface area (Å²) in [6, 6.07) is 0.698. The van der Waals surface area contributed by atoms with Crippen molar-refractivity contribution in [3.8, 4) is 0 Å². The lowest BCUT2D eigenvalue weighted by atomic mass is 10.2. The van der Waals surface area contributed by atoms with Gasteiger partial charge in [-0.25, -0.2) is 4.98 Å². The van der Waals surface area contributed by atoms with E-state index in [1.807, 2.05) is 11.8 Å². The molecular weight excluding hydrogens is 286 g/mol. The van der Waals surface area contributed by atoms with E-state index in [0.29, 0.717) is 6.04 Å². The third-order valence-corrected chi connectivity index (χ3v) is 6.48. The molecule has 0 aliphatic heterocycles. The summed E-state index contributed by atoms with van der Waals surface area (Å²) in [6.45, 7) is 0.982. The number of hydrogen-bond donors (Lipinski definition) is 1. The van der Waals surface area contributed by atoms with Crippen LogP contribution < -0.4 is 5.32 Å². The van der Waals surface area contributed by atoms with E-state index < -0.39 is 0 Å². The average Bonchev–Trinajstić information content (AvgIpc) is 2.89. The molecule has 0 amide bonds. The number of hydrogen-bond acceptors (Lipinski definition) is 4. The van der Waals surface area contributed by atoms with Crippen LogP contribution in [0.2, 0.25) is 0 Å². The number of nitrogens with zero attached hydrogens (tertiary/aromatic N) is 2. The van der Waals surface area contributed by atoms with Crippen molar-refractivity contribution in [2.45, 2.75) is 55.9 Å². The highest BCUT2D eigenvalue weighted by Gasteiger charge is 2.31. The Labute approximate surface area is 128 Å². The molecular formula is C15H21N3S2. The predicted molar refractivity (Wildman–Crippen MR) is 86.8 cm³/mol. The lowest BCUT2D eigenvalue weighted by molar-refractivity contribution is 0.517. The summed E-state index contributed by atoms with van der Waals surface area (Å²) in [5.74, 6) is 0.737. The molecule has 5 heteroatoms. The van der Waals surface area contributed by atoms with Gasteiger partial charge in [-0.1, -0.05) is 0 Å². The number of nitrogens with one attached hydrogen (secondary N) is 1. The first kappa shape index (κ1) is 13.2. The fraction of sp³-hybridized carbons (Fsp3) is 0.667. The topological polar surface area (TPSA) is 29.3 Å². The van der Waals surface area contributed by atoms with E-state index >= 15 is 0 Å². The normalized spacial score (nSPS) is 26.6. The maximum absolute atomic E-state index is 4.85. The van der Waals surface area contributed by atoms with Crippen molar-refractivity contribution < 1.29 is 0 Å². The molecule has 4 rings (SSSR count). The maximum atomic E-state index is 4.85. The number of imidazole rings is 1. The van der Waals surface area contributed by atoms with Crippen molar-refractivity contribution in [3.63, 3.8) is 0 Å². The van der Waals surface area contributed by atoms with Gasteiger partial charge in [0, 0.05) is 35.3 Å². The summed E-state index contributed by atoms with van der Waals surface area (Å²) in [4.78, 5) is 6.01. The van der Waals surface area contributed by atoms with Crippen LogP contribution in [0.15, 0.2) is 11.6 Å². The summed E-state index contributed by atoms with van der Waals surface area (Å²) >= 11 is 3.78. The molecule has 3 nitrogen and oxygen atoms in total. The Bertz CT molecular complexity index is 599. The van der Waals surface area contributed by atoms with Gasteiger partial charge in [0.05, 0.1) is 11.4 Å². The second kappa shape index (κ2) is 5.35. The van der Waals surface area contributed by atoms with Crippen molar-refractivity contribution in [1.29, 1.82) is 0 Å². The second-order valence-corrected chi connectivity index (χ2v) is 8.03. The number of aromatic nitrogens is 2.